The molecule has 0 fully saturated rings. The molecule has 1 N–H and O–H groups in total. The number of nitrogens with zero attached hydrogens (tertiary/aromatic N) is 3. The molecule has 9 heteroatoms. The normalized spacial score (nSPS) is 11.0. The molecule has 0 aliphatic heterocycles. The van der Waals surface area contributed by atoms with Crippen LogP contribution < -0.4 is 10.9 Å². The van der Waals surface area contributed by atoms with E-state index in [0.29, 0.717) is 15.7 Å². The van der Waals surface area contributed by atoms with Crippen molar-refractivity contribution in [2.45, 2.75) is 19.9 Å². The van der Waals surface area contributed by atoms with E-state index in [9.17, 15) is 14.0 Å². The summed E-state index contributed by atoms with van der Waals surface area (Å²) in [5.74, 6) is -0.982. The van der Waals surface area contributed by atoms with Crippen LogP contribution >= 0.6 is 15.9 Å². The number of hydrogen-bond acceptors (Lipinski definition) is 5. The van der Waals surface area contributed by atoms with Crippen molar-refractivity contribution >= 4 is 38.6 Å². The van der Waals surface area contributed by atoms with Gasteiger partial charge < -0.3 is 9.84 Å². The zero-order valence-corrected chi connectivity index (χ0v) is 17.4. The van der Waals surface area contributed by atoms with E-state index < -0.39 is 17.3 Å². The summed E-state index contributed by atoms with van der Waals surface area (Å²) in [6.45, 7) is 2.04. The summed E-state index contributed by atoms with van der Waals surface area (Å²) in [5.41, 5.74) is 2.39. The highest BCUT2D eigenvalue weighted by Crippen LogP contribution is 2.24. The smallest absolute Gasteiger partial charge is 0.299 e. The molecule has 0 atom stereocenters. The number of halogens is 2. The average Bonchev–Trinajstić information content (AvgIpc) is 3.15. The van der Waals surface area contributed by atoms with Gasteiger partial charge in [0.05, 0.1) is 12.0 Å². The van der Waals surface area contributed by atoms with Crippen LogP contribution in [0.3, 0.4) is 0 Å². The fourth-order valence-electron chi connectivity index (χ4n) is 2.94. The summed E-state index contributed by atoms with van der Waals surface area (Å²) < 4.78 is 20.9. The van der Waals surface area contributed by atoms with Crippen molar-refractivity contribution in [3.8, 4) is 11.3 Å². The van der Waals surface area contributed by atoms with Gasteiger partial charge >= 0.3 is 0 Å². The van der Waals surface area contributed by atoms with Crippen LogP contribution in [0.4, 0.5) is 10.1 Å². The van der Waals surface area contributed by atoms with Gasteiger partial charge in [0.2, 0.25) is 5.91 Å². The Hall–Kier alpha value is -3.33. The van der Waals surface area contributed by atoms with Gasteiger partial charge in [-0.05, 0) is 25.1 Å². The van der Waals surface area contributed by atoms with Gasteiger partial charge in [0.15, 0.2) is 0 Å². The van der Waals surface area contributed by atoms with Crippen molar-refractivity contribution in [1.29, 1.82) is 0 Å². The monoisotopic (exact) mass is 470 g/mol. The minimum absolute atomic E-state index is 0.0208. The van der Waals surface area contributed by atoms with Crippen molar-refractivity contribution in [3.63, 3.8) is 0 Å². The second-order valence-electron chi connectivity index (χ2n) is 6.74. The van der Waals surface area contributed by atoms with Crippen molar-refractivity contribution in [3.05, 3.63) is 75.0 Å². The SMILES string of the molecule is Cc1ccc(-c2noc3c(=O)n(CCC(=O)Nc4ccc(Br)cc4F)cnc23)cc1. The van der Waals surface area contributed by atoms with Gasteiger partial charge in [0.25, 0.3) is 11.1 Å². The largest absolute Gasteiger partial charge is 0.348 e. The Bertz CT molecular complexity index is 1300. The van der Waals surface area contributed by atoms with E-state index in [-0.39, 0.29) is 24.2 Å². The number of carbonyl (C=O) groups is 1. The Labute approximate surface area is 178 Å². The first-order valence-electron chi connectivity index (χ1n) is 9.09. The molecule has 2 heterocycles. The summed E-state index contributed by atoms with van der Waals surface area (Å²) in [6, 6.07) is 12.0. The molecular formula is C21H16BrFN4O3. The number of benzene rings is 2. The Kier molecular flexibility index (Phi) is 5.45. The van der Waals surface area contributed by atoms with Crippen LogP contribution in [0.25, 0.3) is 22.4 Å². The summed E-state index contributed by atoms with van der Waals surface area (Å²) in [4.78, 5) is 29.1. The lowest BCUT2D eigenvalue weighted by atomic mass is 10.1. The first-order chi connectivity index (χ1) is 14.4. The highest BCUT2D eigenvalue weighted by molar-refractivity contribution is 9.10. The Balaban J connectivity index is 1.51. The molecule has 30 heavy (non-hydrogen) atoms. The zero-order valence-electron chi connectivity index (χ0n) is 15.9. The van der Waals surface area contributed by atoms with E-state index in [1.807, 2.05) is 31.2 Å². The molecule has 0 aliphatic carbocycles. The van der Waals surface area contributed by atoms with Crippen LogP contribution in [-0.4, -0.2) is 20.6 Å². The molecule has 1 amide bonds. The van der Waals surface area contributed by atoms with Gasteiger partial charge in [-0.3, -0.25) is 14.2 Å². The minimum atomic E-state index is -0.553. The highest BCUT2D eigenvalue weighted by atomic mass is 79.9. The van der Waals surface area contributed by atoms with Gasteiger partial charge in [0, 0.05) is 23.0 Å². The molecule has 2 aromatic heterocycles. The number of nitrogens with one attached hydrogen (secondary N) is 1. The van der Waals surface area contributed by atoms with Crippen LogP contribution in [0.5, 0.6) is 0 Å². The van der Waals surface area contributed by atoms with Gasteiger partial charge in [-0.25, -0.2) is 9.37 Å². The molecule has 0 spiro atoms. The summed E-state index contributed by atoms with van der Waals surface area (Å²) in [7, 11) is 0. The lowest BCUT2D eigenvalue weighted by Crippen LogP contribution is -2.23. The fourth-order valence-corrected chi connectivity index (χ4v) is 3.27. The number of amides is 1. The molecular weight excluding hydrogens is 455 g/mol. The van der Waals surface area contributed by atoms with Crippen LogP contribution in [0, 0.1) is 12.7 Å². The maximum atomic E-state index is 13.8. The third-order valence-corrected chi connectivity index (χ3v) is 5.05. The van der Waals surface area contributed by atoms with E-state index in [4.69, 9.17) is 4.52 Å². The van der Waals surface area contributed by atoms with E-state index in [0.717, 1.165) is 11.1 Å². The number of aromatic nitrogens is 3. The molecule has 4 rings (SSSR count). The van der Waals surface area contributed by atoms with E-state index in [1.165, 1.54) is 23.0 Å². The number of carbonyl (C=O) groups excluding carboxylic acids is 1. The maximum absolute atomic E-state index is 13.8. The number of anilines is 1. The molecule has 0 aliphatic rings. The Morgan fingerprint density at radius 1 is 1.23 bits per heavy atom. The van der Waals surface area contributed by atoms with E-state index >= 15 is 0 Å². The van der Waals surface area contributed by atoms with Crippen LogP contribution in [0.1, 0.15) is 12.0 Å². The lowest BCUT2D eigenvalue weighted by Gasteiger charge is -2.08. The Morgan fingerprint density at radius 2 is 2.00 bits per heavy atom. The van der Waals surface area contributed by atoms with Crippen molar-refractivity contribution in [2.75, 3.05) is 5.32 Å². The minimum Gasteiger partial charge on any atom is -0.348 e. The maximum Gasteiger partial charge on any atom is 0.299 e. The highest BCUT2D eigenvalue weighted by Gasteiger charge is 2.17. The summed E-state index contributed by atoms with van der Waals surface area (Å²) in [6.07, 6.45) is 1.31. The Morgan fingerprint density at radius 3 is 2.73 bits per heavy atom. The third-order valence-electron chi connectivity index (χ3n) is 4.56. The first kappa shape index (κ1) is 20.0. The molecule has 2 aromatic carbocycles. The van der Waals surface area contributed by atoms with Crippen LogP contribution in [0.15, 0.2) is 62.6 Å². The number of fused-ring (bicyclic) bond motifs is 1. The standard InChI is InChI=1S/C21H16BrFN4O3/c1-12-2-4-13(5-3-12)18-19-20(30-26-18)21(29)27(11-24-19)9-8-17(28)25-16-7-6-14(22)10-15(16)23/h2-7,10-11H,8-9H2,1H3,(H,25,28). The van der Waals surface area contributed by atoms with Gasteiger partial charge in [-0.1, -0.05) is 50.9 Å². The van der Waals surface area contributed by atoms with Crippen LogP contribution in [-0.2, 0) is 11.3 Å². The molecule has 152 valence electrons. The van der Waals surface area contributed by atoms with E-state index in [2.05, 4.69) is 31.4 Å². The van der Waals surface area contributed by atoms with Gasteiger partial charge in [-0.2, -0.15) is 0 Å². The van der Waals surface area contributed by atoms with Crippen molar-refractivity contribution in [1.82, 2.24) is 14.7 Å². The van der Waals surface area contributed by atoms with Crippen molar-refractivity contribution < 1.29 is 13.7 Å². The summed E-state index contributed by atoms with van der Waals surface area (Å²) >= 11 is 3.16. The second-order valence-corrected chi connectivity index (χ2v) is 7.66. The molecule has 0 radical (unpaired) electrons. The number of aryl methyl sites for hydroxylation is 2. The molecule has 0 bridgehead atoms. The quantitative estimate of drug-likeness (QED) is 0.469. The molecule has 0 unspecified atom stereocenters. The topological polar surface area (TPSA) is 90.0 Å². The van der Waals surface area contributed by atoms with E-state index in [1.54, 1.807) is 6.07 Å². The third kappa shape index (κ3) is 4.02. The fraction of sp³-hybridized carbons (Fsp3) is 0.143. The molecule has 0 saturated carbocycles. The second kappa shape index (κ2) is 8.19. The molecule has 4 aromatic rings. The number of rotatable bonds is 5. The zero-order chi connectivity index (χ0) is 21.3. The van der Waals surface area contributed by atoms with Gasteiger partial charge in [0.1, 0.15) is 17.0 Å². The lowest BCUT2D eigenvalue weighted by molar-refractivity contribution is -0.116. The van der Waals surface area contributed by atoms with Crippen molar-refractivity contribution in [2.24, 2.45) is 0 Å². The van der Waals surface area contributed by atoms with Crippen LogP contribution in [0.2, 0.25) is 0 Å². The predicted molar refractivity (Wildman–Crippen MR) is 114 cm³/mol. The molecule has 0 saturated heterocycles. The summed E-state index contributed by atoms with van der Waals surface area (Å²) in [5, 5.41) is 6.48. The predicted octanol–water partition coefficient (Wildman–Crippen LogP) is 4.29. The first-order valence-corrected chi connectivity index (χ1v) is 9.88. The molecule has 7 nitrogen and oxygen atoms in total. The number of hydrogen-bond donors (Lipinski definition) is 1. The average molecular weight is 471 g/mol. The van der Waals surface area contributed by atoms with Gasteiger partial charge in [-0.15, -0.1) is 0 Å².